The largest absolute Gasteiger partial charge is 0.496 e. The number of hydrogen-bond acceptors (Lipinski definition) is 5. The predicted molar refractivity (Wildman–Crippen MR) is 99.4 cm³/mol. The molecule has 0 unspecified atom stereocenters. The number of carbonyl (C=O) groups is 1. The van der Waals surface area contributed by atoms with Crippen LogP contribution in [0, 0.1) is 0 Å². The van der Waals surface area contributed by atoms with Gasteiger partial charge in [-0.2, -0.15) is 0 Å². The van der Waals surface area contributed by atoms with E-state index < -0.39 is 12.0 Å². The molecule has 6 heteroatoms. The summed E-state index contributed by atoms with van der Waals surface area (Å²) in [7, 11) is 1.61. The number of benzene rings is 2. The first-order valence-corrected chi connectivity index (χ1v) is 9.16. The van der Waals surface area contributed by atoms with Crippen molar-refractivity contribution in [3.05, 3.63) is 53.1 Å². The third-order valence-electron chi connectivity index (χ3n) is 5.15. The summed E-state index contributed by atoms with van der Waals surface area (Å²) in [6, 6.07) is 11.2. The highest BCUT2D eigenvalue weighted by atomic mass is 16.5. The van der Waals surface area contributed by atoms with Gasteiger partial charge in [0.2, 0.25) is 0 Å². The number of hydrogen-bond donors (Lipinski definition) is 1. The fraction of sp³-hybridized carbons (Fsp3) is 0.381. The van der Waals surface area contributed by atoms with Gasteiger partial charge in [-0.05, 0) is 23.6 Å². The molecular formula is C21H23NO5. The molecule has 2 heterocycles. The van der Waals surface area contributed by atoms with Crippen LogP contribution in [0.5, 0.6) is 17.2 Å². The van der Waals surface area contributed by atoms with Crippen LogP contribution in [-0.4, -0.2) is 42.3 Å². The second-order valence-corrected chi connectivity index (χ2v) is 6.89. The molecule has 1 atom stereocenters. The van der Waals surface area contributed by atoms with Crippen LogP contribution in [-0.2, 0) is 24.3 Å². The number of methoxy groups -OCH3 is 1. The summed E-state index contributed by atoms with van der Waals surface area (Å²) in [5, 5.41) is 9.75. The quantitative estimate of drug-likeness (QED) is 0.894. The van der Waals surface area contributed by atoms with Gasteiger partial charge in [0.1, 0.15) is 11.8 Å². The normalized spacial score (nSPS) is 19.1. The molecular weight excluding hydrogens is 346 g/mol. The van der Waals surface area contributed by atoms with E-state index in [4.69, 9.17) is 14.2 Å². The van der Waals surface area contributed by atoms with Gasteiger partial charge in [0.15, 0.2) is 11.5 Å². The average Bonchev–Trinajstić information content (AvgIpc) is 2.91. The fourth-order valence-corrected chi connectivity index (χ4v) is 3.75. The molecule has 27 heavy (non-hydrogen) atoms. The summed E-state index contributed by atoms with van der Waals surface area (Å²) in [4.78, 5) is 13.9. The predicted octanol–water partition coefficient (Wildman–Crippen LogP) is 2.87. The Kier molecular flexibility index (Phi) is 4.90. The molecule has 4 rings (SSSR count). The number of fused-ring (bicyclic) bond motifs is 2. The molecule has 2 aromatic carbocycles. The summed E-state index contributed by atoms with van der Waals surface area (Å²) in [6.45, 7) is 2.27. The Morgan fingerprint density at radius 3 is 2.59 bits per heavy atom. The van der Waals surface area contributed by atoms with Crippen molar-refractivity contribution in [3.8, 4) is 17.2 Å². The van der Waals surface area contributed by atoms with E-state index in [1.54, 1.807) is 7.11 Å². The Bertz CT molecular complexity index is 850. The minimum atomic E-state index is -0.808. The summed E-state index contributed by atoms with van der Waals surface area (Å²) >= 11 is 0. The van der Waals surface area contributed by atoms with Crippen molar-refractivity contribution in [2.75, 3.05) is 20.3 Å². The molecule has 2 aromatic rings. The van der Waals surface area contributed by atoms with Crippen molar-refractivity contribution in [2.45, 2.75) is 32.0 Å². The molecule has 0 aliphatic carbocycles. The third-order valence-corrected chi connectivity index (χ3v) is 5.15. The van der Waals surface area contributed by atoms with Crippen molar-refractivity contribution in [3.63, 3.8) is 0 Å². The van der Waals surface area contributed by atoms with Crippen molar-refractivity contribution in [1.29, 1.82) is 0 Å². The van der Waals surface area contributed by atoms with Crippen molar-refractivity contribution >= 4 is 5.97 Å². The molecule has 0 saturated carbocycles. The lowest BCUT2D eigenvalue weighted by Crippen LogP contribution is -2.45. The van der Waals surface area contributed by atoms with Gasteiger partial charge in [-0.15, -0.1) is 0 Å². The van der Waals surface area contributed by atoms with Gasteiger partial charge < -0.3 is 19.3 Å². The minimum absolute atomic E-state index is 0.463. The van der Waals surface area contributed by atoms with E-state index in [0.29, 0.717) is 50.0 Å². The number of nitrogens with zero attached hydrogens (tertiary/aromatic N) is 1. The van der Waals surface area contributed by atoms with E-state index in [0.717, 1.165) is 17.5 Å². The Morgan fingerprint density at radius 1 is 1.19 bits per heavy atom. The highest BCUT2D eigenvalue weighted by Crippen LogP contribution is 2.38. The van der Waals surface area contributed by atoms with Crippen molar-refractivity contribution < 1.29 is 24.1 Å². The van der Waals surface area contributed by atoms with Crippen LogP contribution in [0.3, 0.4) is 0 Å². The molecule has 0 spiro atoms. The van der Waals surface area contributed by atoms with Gasteiger partial charge in [0.05, 0.1) is 20.3 Å². The SMILES string of the molecule is COc1cc2c(cc1CN1Cc3ccccc3C[C@H]1C(=O)O)OCCCO2. The van der Waals surface area contributed by atoms with Crippen molar-refractivity contribution in [2.24, 2.45) is 0 Å². The smallest absolute Gasteiger partial charge is 0.321 e. The molecule has 0 fully saturated rings. The number of ether oxygens (including phenoxy) is 3. The molecule has 1 N–H and O–H groups in total. The highest BCUT2D eigenvalue weighted by molar-refractivity contribution is 5.74. The molecule has 0 radical (unpaired) electrons. The van der Waals surface area contributed by atoms with E-state index in [1.165, 1.54) is 5.56 Å². The molecule has 0 aromatic heterocycles. The van der Waals surface area contributed by atoms with Crippen LogP contribution in [0.1, 0.15) is 23.1 Å². The van der Waals surface area contributed by atoms with Gasteiger partial charge in [0.25, 0.3) is 0 Å². The number of carboxylic acids is 1. The maximum Gasteiger partial charge on any atom is 0.321 e. The van der Waals surface area contributed by atoms with Gasteiger partial charge in [-0.25, -0.2) is 0 Å². The number of rotatable bonds is 4. The maximum absolute atomic E-state index is 11.9. The van der Waals surface area contributed by atoms with Gasteiger partial charge in [0, 0.05) is 31.1 Å². The van der Waals surface area contributed by atoms with Gasteiger partial charge >= 0.3 is 5.97 Å². The topological polar surface area (TPSA) is 68.2 Å². The Balaban J connectivity index is 1.66. The monoisotopic (exact) mass is 369 g/mol. The van der Waals surface area contributed by atoms with E-state index in [9.17, 15) is 9.90 Å². The van der Waals surface area contributed by atoms with E-state index in [-0.39, 0.29) is 0 Å². The molecule has 2 aliphatic heterocycles. The summed E-state index contributed by atoms with van der Waals surface area (Å²) < 4.78 is 17.1. The first-order chi connectivity index (χ1) is 13.2. The lowest BCUT2D eigenvalue weighted by molar-refractivity contribution is -0.144. The Hall–Kier alpha value is -2.73. The lowest BCUT2D eigenvalue weighted by atomic mass is 9.93. The van der Waals surface area contributed by atoms with Crippen LogP contribution in [0.25, 0.3) is 0 Å². The standard InChI is InChI=1S/C21H23NO5/c1-25-18-11-20-19(26-7-4-8-27-20)10-16(18)13-22-12-15-6-3-2-5-14(15)9-17(22)21(23)24/h2-3,5-6,10-11,17H,4,7-9,12-13H2,1H3,(H,23,24)/t17-/m0/s1. The second-order valence-electron chi connectivity index (χ2n) is 6.89. The Morgan fingerprint density at radius 2 is 1.89 bits per heavy atom. The van der Waals surface area contributed by atoms with Crippen LogP contribution in [0.4, 0.5) is 0 Å². The van der Waals surface area contributed by atoms with Crippen LogP contribution < -0.4 is 14.2 Å². The number of aliphatic carboxylic acids is 1. The van der Waals surface area contributed by atoms with Crippen LogP contribution >= 0.6 is 0 Å². The molecule has 142 valence electrons. The average molecular weight is 369 g/mol. The molecule has 0 amide bonds. The third kappa shape index (κ3) is 3.57. The fourth-order valence-electron chi connectivity index (χ4n) is 3.75. The minimum Gasteiger partial charge on any atom is -0.496 e. The lowest BCUT2D eigenvalue weighted by Gasteiger charge is -2.34. The maximum atomic E-state index is 11.9. The van der Waals surface area contributed by atoms with Crippen LogP contribution in [0.15, 0.2) is 36.4 Å². The van der Waals surface area contributed by atoms with Gasteiger partial charge in [-0.1, -0.05) is 24.3 Å². The van der Waals surface area contributed by atoms with Gasteiger partial charge in [-0.3, -0.25) is 9.69 Å². The van der Waals surface area contributed by atoms with E-state index in [1.807, 2.05) is 35.2 Å². The van der Waals surface area contributed by atoms with Crippen molar-refractivity contribution in [1.82, 2.24) is 4.90 Å². The Labute approximate surface area is 158 Å². The highest BCUT2D eigenvalue weighted by Gasteiger charge is 2.32. The molecule has 6 nitrogen and oxygen atoms in total. The zero-order valence-corrected chi connectivity index (χ0v) is 15.3. The van der Waals surface area contributed by atoms with E-state index >= 15 is 0 Å². The number of carboxylic acid groups (broad SMARTS) is 1. The van der Waals surface area contributed by atoms with Crippen LogP contribution in [0.2, 0.25) is 0 Å². The summed E-state index contributed by atoms with van der Waals surface area (Å²) in [5.41, 5.74) is 3.17. The molecule has 0 saturated heterocycles. The molecule has 2 aliphatic rings. The first kappa shape index (κ1) is 17.7. The zero-order valence-electron chi connectivity index (χ0n) is 15.3. The van der Waals surface area contributed by atoms with E-state index in [2.05, 4.69) is 6.07 Å². The second kappa shape index (κ2) is 7.48. The summed E-state index contributed by atoms with van der Waals surface area (Å²) in [6.07, 6.45) is 1.33. The molecule has 0 bridgehead atoms. The summed E-state index contributed by atoms with van der Waals surface area (Å²) in [5.74, 6) is 1.24. The zero-order chi connectivity index (χ0) is 18.8. The first-order valence-electron chi connectivity index (χ1n) is 9.16.